The Morgan fingerprint density at radius 1 is 1.14 bits per heavy atom. The average molecular weight is 310 g/mol. The highest BCUT2D eigenvalue weighted by molar-refractivity contribution is 5.81. The van der Waals surface area contributed by atoms with Crippen molar-refractivity contribution in [3.05, 3.63) is 47.8 Å². The van der Waals surface area contributed by atoms with Crippen molar-refractivity contribution < 1.29 is 28.2 Å². The number of ether oxygens (including phenoxy) is 3. The topological polar surface area (TPSA) is 61.8 Å². The Labute approximate surface area is 128 Å². The first kappa shape index (κ1) is 17.8. The fraction of sp³-hybridized carbons (Fsp3) is 0.375. The van der Waals surface area contributed by atoms with Gasteiger partial charge in [-0.2, -0.15) is 0 Å². The molecule has 0 N–H and O–H groups in total. The number of esters is 2. The van der Waals surface area contributed by atoms with Crippen molar-refractivity contribution in [2.45, 2.75) is 20.0 Å². The van der Waals surface area contributed by atoms with Gasteiger partial charge in [0.05, 0.1) is 19.8 Å². The van der Waals surface area contributed by atoms with Crippen LogP contribution >= 0.6 is 0 Å². The number of hydrogen-bond acceptors (Lipinski definition) is 5. The molecular weight excluding hydrogens is 291 g/mol. The smallest absolute Gasteiger partial charge is 0.339 e. The van der Waals surface area contributed by atoms with Crippen LogP contribution in [0.4, 0.5) is 4.39 Å². The Balaban J connectivity index is 2.69. The van der Waals surface area contributed by atoms with Crippen LogP contribution in [0.3, 0.4) is 0 Å². The third-order valence-electron chi connectivity index (χ3n) is 2.57. The second-order valence-corrected chi connectivity index (χ2v) is 4.17. The maximum absolute atomic E-state index is 12.9. The van der Waals surface area contributed by atoms with Crippen LogP contribution in [-0.4, -0.2) is 31.8 Å². The molecule has 0 radical (unpaired) electrons. The third kappa shape index (κ3) is 6.05. The van der Waals surface area contributed by atoms with E-state index < -0.39 is 23.9 Å². The quantitative estimate of drug-likeness (QED) is 0.545. The predicted octanol–water partition coefficient (Wildman–Crippen LogP) is 2.57. The fourth-order valence-electron chi connectivity index (χ4n) is 1.64. The van der Waals surface area contributed by atoms with Crippen LogP contribution in [0.25, 0.3) is 0 Å². The van der Waals surface area contributed by atoms with Gasteiger partial charge < -0.3 is 14.2 Å². The number of hydrogen-bond donors (Lipinski definition) is 0. The molecule has 0 bridgehead atoms. The van der Waals surface area contributed by atoms with Crippen molar-refractivity contribution >= 4 is 11.9 Å². The maximum Gasteiger partial charge on any atom is 0.339 e. The highest BCUT2D eigenvalue weighted by Gasteiger charge is 2.22. The van der Waals surface area contributed by atoms with E-state index in [2.05, 4.69) is 0 Å². The van der Waals surface area contributed by atoms with Gasteiger partial charge >= 0.3 is 11.9 Å². The molecule has 1 aromatic carbocycles. The van der Waals surface area contributed by atoms with Crippen molar-refractivity contribution in [2.75, 3.05) is 19.8 Å². The van der Waals surface area contributed by atoms with Crippen LogP contribution in [0.5, 0.6) is 0 Å². The molecule has 1 aromatic rings. The predicted molar refractivity (Wildman–Crippen MR) is 77.5 cm³/mol. The van der Waals surface area contributed by atoms with E-state index in [1.807, 2.05) is 0 Å². The molecule has 0 saturated carbocycles. The Hall–Kier alpha value is -2.21. The summed E-state index contributed by atoms with van der Waals surface area (Å²) in [6, 6.07) is 5.37. The van der Waals surface area contributed by atoms with Crippen LogP contribution in [-0.2, 0) is 23.8 Å². The van der Waals surface area contributed by atoms with Crippen molar-refractivity contribution in [1.29, 1.82) is 0 Å². The van der Waals surface area contributed by atoms with Gasteiger partial charge in [0.2, 0.25) is 0 Å². The lowest BCUT2D eigenvalue weighted by Crippen LogP contribution is -2.19. The fourth-order valence-corrected chi connectivity index (χ4v) is 1.64. The van der Waals surface area contributed by atoms with Crippen molar-refractivity contribution in [3.63, 3.8) is 0 Å². The second kappa shape index (κ2) is 9.68. The molecule has 5 nitrogen and oxygen atoms in total. The standard InChI is InChI=1S/C16H19FO5/c1-3-20-14(18)6-5-11-22-15(16(19)21-4-2)12-7-9-13(17)10-8-12/h5-10,15H,3-4,11H2,1-2H3. The highest BCUT2D eigenvalue weighted by atomic mass is 19.1. The van der Waals surface area contributed by atoms with E-state index >= 15 is 0 Å². The van der Waals surface area contributed by atoms with Gasteiger partial charge in [0.1, 0.15) is 5.82 Å². The van der Waals surface area contributed by atoms with Crippen molar-refractivity contribution in [1.82, 2.24) is 0 Å². The molecule has 0 heterocycles. The monoisotopic (exact) mass is 310 g/mol. The Morgan fingerprint density at radius 2 is 1.77 bits per heavy atom. The molecule has 0 fully saturated rings. The zero-order valence-corrected chi connectivity index (χ0v) is 12.6. The molecule has 0 spiro atoms. The number of carbonyl (C=O) groups is 2. The first-order chi connectivity index (χ1) is 10.6. The van der Waals surface area contributed by atoms with Crippen molar-refractivity contribution in [2.24, 2.45) is 0 Å². The summed E-state index contributed by atoms with van der Waals surface area (Å²) >= 11 is 0. The summed E-state index contributed by atoms with van der Waals surface area (Å²) in [7, 11) is 0. The molecule has 22 heavy (non-hydrogen) atoms. The highest BCUT2D eigenvalue weighted by Crippen LogP contribution is 2.19. The van der Waals surface area contributed by atoms with Crippen LogP contribution in [0, 0.1) is 5.82 Å². The first-order valence-electron chi connectivity index (χ1n) is 6.95. The van der Waals surface area contributed by atoms with Gasteiger partial charge in [0.25, 0.3) is 0 Å². The molecule has 0 amide bonds. The Bertz CT molecular complexity index is 510. The zero-order chi connectivity index (χ0) is 16.4. The Kier molecular flexibility index (Phi) is 7.85. The molecule has 0 aliphatic heterocycles. The molecule has 0 aliphatic carbocycles. The Morgan fingerprint density at radius 3 is 2.36 bits per heavy atom. The van der Waals surface area contributed by atoms with Crippen LogP contribution in [0.15, 0.2) is 36.4 Å². The van der Waals surface area contributed by atoms with E-state index in [0.29, 0.717) is 5.56 Å². The van der Waals surface area contributed by atoms with E-state index in [9.17, 15) is 14.0 Å². The van der Waals surface area contributed by atoms with Crippen molar-refractivity contribution in [3.8, 4) is 0 Å². The minimum absolute atomic E-state index is 0.0136. The van der Waals surface area contributed by atoms with Gasteiger partial charge in [0, 0.05) is 6.08 Å². The molecule has 0 saturated heterocycles. The summed E-state index contributed by atoms with van der Waals surface area (Å²) in [5.74, 6) is -1.47. The lowest BCUT2D eigenvalue weighted by atomic mass is 10.1. The minimum Gasteiger partial charge on any atom is -0.464 e. The molecule has 6 heteroatoms. The number of benzene rings is 1. The van der Waals surface area contributed by atoms with Gasteiger partial charge in [-0.15, -0.1) is 0 Å². The minimum atomic E-state index is -0.979. The molecule has 1 atom stereocenters. The van der Waals surface area contributed by atoms with Gasteiger partial charge in [-0.05, 0) is 31.5 Å². The molecular formula is C16H19FO5. The zero-order valence-electron chi connectivity index (χ0n) is 12.6. The number of halogens is 1. The van der Waals surface area contributed by atoms with E-state index in [4.69, 9.17) is 14.2 Å². The number of rotatable bonds is 8. The van der Waals surface area contributed by atoms with Gasteiger partial charge in [-0.1, -0.05) is 18.2 Å². The normalized spacial score (nSPS) is 12.1. The van der Waals surface area contributed by atoms with Crippen LogP contribution in [0.2, 0.25) is 0 Å². The van der Waals surface area contributed by atoms with Crippen LogP contribution < -0.4 is 0 Å². The van der Waals surface area contributed by atoms with E-state index in [1.54, 1.807) is 13.8 Å². The molecule has 1 unspecified atom stereocenters. The van der Waals surface area contributed by atoms with Crippen LogP contribution in [0.1, 0.15) is 25.5 Å². The lowest BCUT2D eigenvalue weighted by molar-refractivity contribution is -0.156. The summed E-state index contributed by atoms with van der Waals surface area (Å²) < 4.78 is 28.0. The van der Waals surface area contributed by atoms with Gasteiger partial charge in [0.15, 0.2) is 6.10 Å². The van der Waals surface area contributed by atoms with Gasteiger partial charge in [-0.3, -0.25) is 0 Å². The maximum atomic E-state index is 12.9. The summed E-state index contributed by atoms with van der Waals surface area (Å²) in [6.07, 6.45) is 1.68. The third-order valence-corrected chi connectivity index (χ3v) is 2.57. The molecule has 1 rings (SSSR count). The SMILES string of the molecule is CCOC(=O)C=CCOC(C(=O)OCC)c1ccc(F)cc1. The largest absolute Gasteiger partial charge is 0.464 e. The average Bonchev–Trinajstić information content (AvgIpc) is 2.49. The summed E-state index contributed by atoms with van der Waals surface area (Å²) in [6.45, 7) is 3.89. The second-order valence-electron chi connectivity index (χ2n) is 4.17. The van der Waals surface area contributed by atoms with E-state index in [1.165, 1.54) is 36.4 Å². The van der Waals surface area contributed by atoms with E-state index in [0.717, 1.165) is 0 Å². The van der Waals surface area contributed by atoms with E-state index in [-0.39, 0.29) is 19.8 Å². The summed E-state index contributed by atoms with van der Waals surface area (Å²) in [4.78, 5) is 23.0. The number of carbonyl (C=O) groups excluding carboxylic acids is 2. The first-order valence-corrected chi connectivity index (χ1v) is 6.95. The van der Waals surface area contributed by atoms with Gasteiger partial charge in [-0.25, -0.2) is 14.0 Å². The molecule has 120 valence electrons. The molecule has 0 aliphatic rings. The summed E-state index contributed by atoms with van der Waals surface area (Å²) in [5.41, 5.74) is 0.476. The molecule has 0 aromatic heterocycles. The summed E-state index contributed by atoms with van der Waals surface area (Å²) in [5, 5.41) is 0. The lowest BCUT2D eigenvalue weighted by Gasteiger charge is -2.15.